The van der Waals surface area contributed by atoms with Gasteiger partial charge in [-0.15, -0.1) is 0 Å². The van der Waals surface area contributed by atoms with Crippen molar-refractivity contribution >= 4 is 0 Å². The summed E-state index contributed by atoms with van der Waals surface area (Å²) in [7, 11) is 0. The molecule has 14 heavy (non-hydrogen) atoms. The van der Waals surface area contributed by atoms with Crippen LogP contribution in [-0.2, 0) is 0 Å². The lowest BCUT2D eigenvalue weighted by molar-refractivity contribution is 0.728. The van der Waals surface area contributed by atoms with E-state index in [9.17, 15) is 0 Å². The molecule has 0 amide bonds. The third-order valence-electron chi connectivity index (χ3n) is 2.07. The quantitative estimate of drug-likeness (QED) is 0.593. The summed E-state index contributed by atoms with van der Waals surface area (Å²) in [6.45, 7) is 12.1. The normalized spacial score (nSPS) is 20.7. The predicted octanol–water partition coefficient (Wildman–Crippen LogP) is 4.67. The molecule has 0 nitrogen and oxygen atoms in total. The Morgan fingerprint density at radius 1 is 1.36 bits per heavy atom. The van der Waals surface area contributed by atoms with Gasteiger partial charge < -0.3 is 0 Å². The van der Waals surface area contributed by atoms with E-state index < -0.39 is 0 Å². The fraction of sp³-hybridized carbons (Fsp3) is 0.429. The van der Waals surface area contributed by atoms with Crippen LogP contribution in [0.5, 0.6) is 0 Å². The summed E-state index contributed by atoms with van der Waals surface area (Å²) in [4.78, 5) is 0. The average molecular weight is 190 g/mol. The maximum absolute atomic E-state index is 3.81. The van der Waals surface area contributed by atoms with Gasteiger partial charge in [0.2, 0.25) is 0 Å². The van der Waals surface area contributed by atoms with Crippen molar-refractivity contribution in [2.24, 2.45) is 5.92 Å². The van der Waals surface area contributed by atoms with Crippen LogP contribution in [0, 0.1) is 5.92 Å². The largest absolute Gasteiger partial charge is 0.0985 e. The molecule has 1 atom stereocenters. The van der Waals surface area contributed by atoms with Gasteiger partial charge in [-0.1, -0.05) is 57.7 Å². The van der Waals surface area contributed by atoms with Crippen LogP contribution in [0.15, 0.2) is 48.1 Å². The molecule has 78 valence electrons. The molecule has 0 radical (unpaired) electrons. The van der Waals surface area contributed by atoms with Crippen molar-refractivity contribution in [2.75, 3.05) is 0 Å². The van der Waals surface area contributed by atoms with Crippen LogP contribution < -0.4 is 0 Å². The minimum atomic E-state index is 0.659. The van der Waals surface area contributed by atoms with Crippen LogP contribution in [0.1, 0.15) is 34.1 Å². The second kappa shape index (κ2) is 7.37. The summed E-state index contributed by atoms with van der Waals surface area (Å²) < 4.78 is 0. The second-order valence-electron chi connectivity index (χ2n) is 3.20. The molecule has 0 fully saturated rings. The van der Waals surface area contributed by atoms with E-state index in [0.717, 1.165) is 6.42 Å². The van der Waals surface area contributed by atoms with Gasteiger partial charge in [-0.2, -0.15) is 0 Å². The number of hydrogen-bond acceptors (Lipinski definition) is 0. The van der Waals surface area contributed by atoms with E-state index in [0.29, 0.717) is 5.92 Å². The minimum absolute atomic E-state index is 0.659. The molecule has 1 unspecified atom stereocenters. The van der Waals surface area contributed by atoms with Crippen LogP contribution in [0.25, 0.3) is 0 Å². The molecule has 0 spiro atoms. The second-order valence-corrected chi connectivity index (χ2v) is 3.20. The molecule has 0 aromatic carbocycles. The molecule has 1 aliphatic rings. The highest BCUT2D eigenvalue weighted by Crippen LogP contribution is 2.23. The molecule has 0 saturated heterocycles. The Labute approximate surface area is 88.7 Å². The maximum atomic E-state index is 3.81. The van der Waals surface area contributed by atoms with Crippen molar-refractivity contribution in [3.05, 3.63) is 48.1 Å². The Hall–Kier alpha value is -1.04. The van der Waals surface area contributed by atoms with E-state index in [2.05, 4.69) is 37.8 Å². The monoisotopic (exact) mass is 190 g/mol. The van der Waals surface area contributed by atoms with Gasteiger partial charge in [0, 0.05) is 0 Å². The zero-order valence-corrected chi connectivity index (χ0v) is 9.88. The summed E-state index contributed by atoms with van der Waals surface area (Å²) >= 11 is 0. The minimum Gasteiger partial charge on any atom is -0.0985 e. The number of allylic oxidation sites excluding steroid dienone is 7. The van der Waals surface area contributed by atoms with E-state index in [4.69, 9.17) is 0 Å². The number of hydrogen-bond donors (Lipinski definition) is 0. The molecule has 1 rings (SSSR count). The maximum Gasteiger partial charge on any atom is -0.0218 e. The predicted molar refractivity (Wildman–Crippen MR) is 66.3 cm³/mol. The van der Waals surface area contributed by atoms with Crippen LogP contribution in [-0.4, -0.2) is 0 Å². The van der Waals surface area contributed by atoms with Crippen LogP contribution >= 0.6 is 0 Å². The smallest absolute Gasteiger partial charge is 0.0218 e. The third kappa shape index (κ3) is 3.78. The van der Waals surface area contributed by atoms with E-state index in [1.54, 1.807) is 0 Å². The molecular weight excluding hydrogens is 168 g/mol. The fourth-order valence-corrected chi connectivity index (χ4v) is 1.43. The Kier molecular flexibility index (Phi) is 6.82. The lowest BCUT2D eigenvalue weighted by atomic mass is 9.91. The summed E-state index contributed by atoms with van der Waals surface area (Å²) in [6, 6.07) is 0. The van der Waals surface area contributed by atoms with E-state index in [1.165, 1.54) is 11.1 Å². The van der Waals surface area contributed by atoms with Crippen LogP contribution in [0.4, 0.5) is 0 Å². The number of rotatable bonds is 2. The van der Waals surface area contributed by atoms with E-state index in [1.807, 2.05) is 26.8 Å². The first-order valence-corrected chi connectivity index (χ1v) is 5.45. The summed E-state index contributed by atoms with van der Waals surface area (Å²) in [6.07, 6.45) is 11.8. The van der Waals surface area contributed by atoms with Crippen molar-refractivity contribution in [2.45, 2.75) is 34.1 Å². The molecule has 0 saturated carbocycles. The zero-order valence-electron chi connectivity index (χ0n) is 9.88. The molecular formula is C14H22. The van der Waals surface area contributed by atoms with Gasteiger partial charge in [0.05, 0.1) is 0 Å². The van der Waals surface area contributed by atoms with Crippen molar-refractivity contribution < 1.29 is 0 Å². The van der Waals surface area contributed by atoms with Crippen molar-refractivity contribution in [3.8, 4) is 0 Å². The third-order valence-corrected chi connectivity index (χ3v) is 2.07. The molecule has 0 bridgehead atoms. The van der Waals surface area contributed by atoms with Gasteiger partial charge in [0.15, 0.2) is 0 Å². The van der Waals surface area contributed by atoms with E-state index in [-0.39, 0.29) is 0 Å². The summed E-state index contributed by atoms with van der Waals surface area (Å²) in [5, 5.41) is 0. The van der Waals surface area contributed by atoms with Gasteiger partial charge in [-0.3, -0.25) is 0 Å². The Morgan fingerprint density at radius 2 is 2.00 bits per heavy atom. The molecule has 0 heteroatoms. The van der Waals surface area contributed by atoms with Gasteiger partial charge in [-0.05, 0) is 30.4 Å². The lowest BCUT2D eigenvalue weighted by Gasteiger charge is -2.14. The van der Waals surface area contributed by atoms with Crippen LogP contribution in [0.2, 0.25) is 0 Å². The Bertz CT molecular complexity index is 251. The first-order chi connectivity index (χ1) is 6.77. The first-order valence-electron chi connectivity index (χ1n) is 5.45. The van der Waals surface area contributed by atoms with Gasteiger partial charge in [-0.25, -0.2) is 0 Å². The van der Waals surface area contributed by atoms with E-state index >= 15 is 0 Å². The molecule has 0 heterocycles. The molecule has 1 aliphatic carbocycles. The Morgan fingerprint density at radius 3 is 2.50 bits per heavy atom. The average Bonchev–Trinajstić information content (AvgIpc) is 2.24. The van der Waals surface area contributed by atoms with Crippen molar-refractivity contribution in [1.82, 2.24) is 0 Å². The Balaban J connectivity index is 0.000000791. The molecule has 0 aromatic rings. The lowest BCUT2D eigenvalue weighted by Crippen LogP contribution is -1.98. The topological polar surface area (TPSA) is 0 Å². The zero-order chi connectivity index (χ0) is 11.0. The highest BCUT2D eigenvalue weighted by atomic mass is 14.1. The molecule has 0 aliphatic heterocycles. The van der Waals surface area contributed by atoms with Gasteiger partial charge in [0.25, 0.3) is 0 Å². The highest BCUT2D eigenvalue weighted by molar-refractivity contribution is 5.47. The van der Waals surface area contributed by atoms with Gasteiger partial charge >= 0.3 is 0 Å². The summed E-state index contributed by atoms with van der Waals surface area (Å²) in [5.41, 5.74) is 2.58. The highest BCUT2D eigenvalue weighted by Gasteiger charge is 2.07. The van der Waals surface area contributed by atoms with Crippen molar-refractivity contribution in [3.63, 3.8) is 0 Å². The standard InChI is InChI=1S/C12H16.C2H6/c1-4-6-12-8-7-10(3)9-11(12)5-2;1-2/h4-6,8-10H,2,7H2,1,3H3;1-2H3/b6-4-;. The first kappa shape index (κ1) is 13.0. The molecule has 0 N–H and O–H groups in total. The van der Waals surface area contributed by atoms with Gasteiger partial charge in [0.1, 0.15) is 0 Å². The van der Waals surface area contributed by atoms with Crippen molar-refractivity contribution in [1.29, 1.82) is 0 Å². The SMILES string of the molecule is C=CC1=CC(C)CC=C1/C=C\C.CC. The molecule has 0 aromatic heterocycles. The fourth-order valence-electron chi connectivity index (χ4n) is 1.43. The van der Waals surface area contributed by atoms with Crippen LogP contribution in [0.3, 0.4) is 0 Å². The summed E-state index contributed by atoms with van der Waals surface area (Å²) in [5.74, 6) is 0.659.